The maximum absolute atomic E-state index is 12.6. The Bertz CT molecular complexity index is 743. The van der Waals surface area contributed by atoms with Gasteiger partial charge in [0.1, 0.15) is 0 Å². The highest BCUT2D eigenvalue weighted by atomic mass is 32.2. The molecule has 0 radical (unpaired) electrons. The second-order valence-corrected chi connectivity index (χ2v) is 7.06. The summed E-state index contributed by atoms with van der Waals surface area (Å²) in [7, 11) is -2.31. The largest absolute Gasteiger partial charge is 0.477 e. The number of sulfone groups is 1. The molecule has 1 rings (SSSR count). The van der Waals surface area contributed by atoms with E-state index in [2.05, 4.69) is 6.58 Å². The van der Waals surface area contributed by atoms with Gasteiger partial charge in [-0.3, -0.25) is 0 Å². The third-order valence-electron chi connectivity index (χ3n) is 3.15. The molecule has 0 saturated carbocycles. The first-order valence-electron chi connectivity index (χ1n) is 6.95. The standard InChI is InChI=1S/C17H21NO4S/c1-5-11-18(4)12-10-14(3)16(17(19)20)23(21,22)15-8-6-13(2)7-9-15/h5-10,12H,1,11H2,2-4H3,(H,19,20). The SMILES string of the molecule is C=CCN(C)C=CC(C)=C(C(=O)O)S(=O)(=O)c1ccc(C)cc1. The van der Waals surface area contributed by atoms with Crippen LogP contribution in [0.15, 0.2) is 64.6 Å². The Kier molecular flexibility index (Phi) is 6.33. The number of nitrogens with zero attached hydrogens (tertiary/aromatic N) is 1. The van der Waals surface area contributed by atoms with Crippen molar-refractivity contribution in [2.45, 2.75) is 18.7 Å². The minimum Gasteiger partial charge on any atom is -0.477 e. The molecule has 1 aromatic rings. The van der Waals surface area contributed by atoms with E-state index in [1.165, 1.54) is 25.1 Å². The average Bonchev–Trinajstić information content (AvgIpc) is 2.45. The Balaban J connectivity index is 3.34. The highest BCUT2D eigenvalue weighted by Crippen LogP contribution is 2.23. The molecule has 0 aliphatic carbocycles. The highest BCUT2D eigenvalue weighted by Gasteiger charge is 2.28. The number of carbonyl (C=O) groups is 1. The quantitative estimate of drug-likeness (QED) is 0.471. The first-order chi connectivity index (χ1) is 10.7. The number of aryl methyl sites for hydroxylation is 1. The van der Waals surface area contributed by atoms with Crippen LogP contribution in [0.2, 0.25) is 0 Å². The van der Waals surface area contributed by atoms with Crippen LogP contribution in [0.25, 0.3) is 0 Å². The molecule has 0 aliphatic rings. The van der Waals surface area contributed by atoms with Crippen LogP contribution in [-0.2, 0) is 14.6 Å². The number of allylic oxidation sites excluding steroid dienone is 2. The third kappa shape index (κ3) is 4.82. The summed E-state index contributed by atoms with van der Waals surface area (Å²) in [5.41, 5.74) is 1.06. The summed E-state index contributed by atoms with van der Waals surface area (Å²) in [6.07, 6.45) is 4.77. The van der Waals surface area contributed by atoms with Gasteiger partial charge in [0.25, 0.3) is 0 Å². The molecule has 0 spiro atoms. The lowest BCUT2D eigenvalue weighted by atomic mass is 10.2. The Labute approximate surface area is 137 Å². The zero-order valence-corrected chi connectivity index (χ0v) is 14.3. The van der Waals surface area contributed by atoms with Crippen molar-refractivity contribution in [3.8, 4) is 0 Å². The highest BCUT2D eigenvalue weighted by molar-refractivity contribution is 7.96. The van der Waals surface area contributed by atoms with Gasteiger partial charge in [0.05, 0.1) is 4.90 Å². The van der Waals surface area contributed by atoms with Gasteiger partial charge in [-0.25, -0.2) is 13.2 Å². The van der Waals surface area contributed by atoms with E-state index in [4.69, 9.17) is 0 Å². The predicted molar refractivity (Wildman–Crippen MR) is 90.7 cm³/mol. The van der Waals surface area contributed by atoms with E-state index in [0.29, 0.717) is 6.54 Å². The molecule has 1 aromatic carbocycles. The molecule has 0 fully saturated rings. The monoisotopic (exact) mass is 335 g/mol. The van der Waals surface area contributed by atoms with Crippen molar-refractivity contribution in [1.29, 1.82) is 0 Å². The van der Waals surface area contributed by atoms with Crippen molar-refractivity contribution < 1.29 is 18.3 Å². The van der Waals surface area contributed by atoms with Gasteiger partial charge in [-0.15, -0.1) is 6.58 Å². The zero-order chi connectivity index (χ0) is 17.6. The molecule has 23 heavy (non-hydrogen) atoms. The van der Waals surface area contributed by atoms with E-state index >= 15 is 0 Å². The van der Waals surface area contributed by atoms with Crippen LogP contribution in [0.4, 0.5) is 0 Å². The zero-order valence-electron chi connectivity index (χ0n) is 13.5. The molecular formula is C17H21NO4S. The van der Waals surface area contributed by atoms with Gasteiger partial charge >= 0.3 is 5.97 Å². The average molecular weight is 335 g/mol. The second-order valence-electron chi connectivity index (χ2n) is 5.18. The van der Waals surface area contributed by atoms with Gasteiger partial charge in [0, 0.05) is 13.6 Å². The van der Waals surface area contributed by atoms with Crippen molar-refractivity contribution in [1.82, 2.24) is 4.90 Å². The van der Waals surface area contributed by atoms with E-state index in [0.717, 1.165) is 5.56 Å². The third-order valence-corrected chi connectivity index (χ3v) is 5.08. The Hall–Kier alpha value is -2.34. The van der Waals surface area contributed by atoms with E-state index < -0.39 is 20.7 Å². The van der Waals surface area contributed by atoms with Crippen molar-refractivity contribution in [2.24, 2.45) is 0 Å². The maximum atomic E-state index is 12.6. The van der Waals surface area contributed by atoms with Gasteiger partial charge in [-0.2, -0.15) is 0 Å². The number of carboxylic acids is 1. The molecule has 6 heteroatoms. The molecule has 0 unspecified atom stereocenters. The lowest BCUT2D eigenvalue weighted by molar-refractivity contribution is -0.131. The first-order valence-corrected chi connectivity index (χ1v) is 8.43. The van der Waals surface area contributed by atoms with Gasteiger partial charge < -0.3 is 10.0 Å². The lowest BCUT2D eigenvalue weighted by Crippen LogP contribution is -2.15. The lowest BCUT2D eigenvalue weighted by Gasteiger charge is -2.11. The number of hydrogen-bond donors (Lipinski definition) is 1. The summed E-state index contributed by atoms with van der Waals surface area (Å²) >= 11 is 0. The van der Waals surface area contributed by atoms with E-state index in [1.807, 2.05) is 6.92 Å². The van der Waals surface area contributed by atoms with Gasteiger partial charge in [0.2, 0.25) is 9.84 Å². The molecule has 0 bridgehead atoms. The topological polar surface area (TPSA) is 74.7 Å². The molecule has 5 nitrogen and oxygen atoms in total. The molecule has 124 valence electrons. The molecule has 1 N–H and O–H groups in total. The summed E-state index contributed by atoms with van der Waals surface area (Å²) in [6, 6.07) is 6.09. The summed E-state index contributed by atoms with van der Waals surface area (Å²) in [4.78, 5) is 12.6. The van der Waals surface area contributed by atoms with Gasteiger partial charge in [-0.1, -0.05) is 23.8 Å². The van der Waals surface area contributed by atoms with Crippen molar-refractivity contribution in [3.63, 3.8) is 0 Å². The minimum absolute atomic E-state index is 0.0345. The molecular weight excluding hydrogens is 314 g/mol. The van der Waals surface area contributed by atoms with Crippen molar-refractivity contribution >= 4 is 15.8 Å². The van der Waals surface area contributed by atoms with Crippen LogP contribution in [-0.4, -0.2) is 38.0 Å². The first kappa shape index (κ1) is 18.7. The molecule has 0 heterocycles. The summed E-state index contributed by atoms with van der Waals surface area (Å²) in [5, 5.41) is 9.36. The number of likely N-dealkylation sites (N-methyl/N-ethyl adjacent to an activating group) is 1. The molecule has 0 aliphatic heterocycles. The van der Waals surface area contributed by atoms with Crippen molar-refractivity contribution in [2.75, 3.05) is 13.6 Å². The number of rotatable bonds is 7. The van der Waals surface area contributed by atoms with Crippen LogP contribution in [0.5, 0.6) is 0 Å². The van der Waals surface area contributed by atoms with Gasteiger partial charge in [-0.05, 0) is 43.8 Å². The summed E-state index contributed by atoms with van der Waals surface area (Å²) < 4.78 is 25.2. The van der Waals surface area contributed by atoms with Crippen LogP contribution in [0, 0.1) is 6.92 Å². The van der Waals surface area contributed by atoms with E-state index in [9.17, 15) is 18.3 Å². The number of hydrogen-bond acceptors (Lipinski definition) is 4. The van der Waals surface area contributed by atoms with Crippen molar-refractivity contribution in [3.05, 3.63) is 65.2 Å². The van der Waals surface area contributed by atoms with E-state index in [1.54, 1.807) is 36.4 Å². The molecule has 0 amide bonds. The summed E-state index contributed by atoms with van der Waals surface area (Å²) in [5.74, 6) is -1.47. The van der Waals surface area contributed by atoms with Gasteiger partial charge in [0.15, 0.2) is 4.91 Å². The number of benzene rings is 1. The molecule has 0 saturated heterocycles. The minimum atomic E-state index is -4.09. The Morgan fingerprint density at radius 1 is 1.30 bits per heavy atom. The fourth-order valence-electron chi connectivity index (χ4n) is 1.91. The molecule has 0 aromatic heterocycles. The van der Waals surface area contributed by atoms with Crippen LogP contribution >= 0.6 is 0 Å². The smallest absolute Gasteiger partial charge is 0.348 e. The van der Waals surface area contributed by atoms with Crippen LogP contribution < -0.4 is 0 Å². The fourth-order valence-corrected chi connectivity index (χ4v) is 3.36. The fraction of sp³-hybridized carbons (Fsp3) is 0.235. The second kappa shape index (κ2) is 7.78. The van der Waals surface area contributed by atoms with Crippen LogP contribution in [0.1, 0.15) is 12.5 Å². The van der Waals surface area contributed by atoms with Crippen LogP contribution in [0.3, 0.4) is 0 Å². The number of aliphatic carboxylic acids is 1. The number of carboxylic acid groups (broad SMARTS) is 1. The predicted octanol–water partition coefficient (Wildman–Crippen LogP) is 2.76. The summed E-state index contributed by atoms with van der Waals surface area (Å²) in [6.45, 7) is 7.46. The Morgan fingerprint density at radius 2 is 1.87 bits per heavy atom. The molecule has 0 atom stereocenters. The Morgan fingerprint density at radius 3 is 2.35 bits per heavy atom. The maximum Gasteiger partial charge on any atom is 0.348 e. The van der Waals surface area contributed by atoms with E-state index in [-0.39, 0.29) is 10.5 Å². The normalized spacial score (nSPS) is 12.8.